The highest BCUT2D eigenvalue weighted by Crippen LogP contribution is 2.42. The van der Waals surface area contributed by atoms with Gasteiger partial charge in [-0.05, 0) is 86.9 Å². The summed E-state index contributed by atoms with van der Waals surface area (Å²) >= 11 is 1.88. The SMILES string of the molecule is c1ccc(-c2ccc(N(c3ccc(-c4ccc5ccccc5c4)cc3)c3ccc4ccc5c6ccccc6sc5c4c3)cc2)cc1. The van der Waals surface area contributed by atoms with Gasteiger partial charge in [-0.15, -0.1) is 11.3 Å². The second-order valence-electron chi connectivity index (χ2n) is 11.8. The normalized spacial score (nSPS) is 11.5. The summed E-state index contributed by atoms with van der Waals surface area (Å²) in [6, 6.07) is 63.9. The molecule has 1 aromatic heterocycles. The zero-order chi connectivity index (χ0) is 30.5. The number of hydrogen-bond acceptors (Lipinski definition) is 2. The van der Waals surface area contributed by atoms with Gasteiger partial charge in [0.2, 0.25) is 0 Å². The molecule has 0 atom stereocenters. The van der Waals surface area contributed by atoms with Crippen LogP contribution in [-0.2, 0) is 0 Å². The van der Waals surface area contributed by atoms with E-state index in [2.05, 4.69) is 181 Å². The van der Waals surface area contributed by atoms with Crippen LogP contribution in [0.1, 0.15) is 0 Å². The monoisotopic (exact) mass is 603 g/mol. The van der Waals surface area contributed by atoms with E-state index in [9.17, 15) is 0 Å². The molecule has 0 aliphatic carbocycles. The third kappa shape index (κ3) is 4.63. The lowest BCUT2D eigenvalue weighted by molar-refractivity contribution is 1.29. The lowest BCUT2D eigenvalue weighted by Crippen LogP contribution is -2.09. The minimum absolute atomic E-state index is 1.12. The average Bonchev–Trinajstić information content (AvgIpc) is 3.52. The molecule has 0 saturated heterocycles. The molecular weight excluding hydrogens is 575 g/mol. The molecule has 1 heterocycles. The van der Waals surface area contributed by atoms with E-state index >= 15 is 0 Å². The average molecular weight is 604 g/mol. The molecule has 0 aliphatic heterocycles. The lowest BCUT2D eigenvalue weighted by Gasteiger charge is -2.26. The maximum absolute atomic E-state index is 2.38. The van der Waals surface area contributed by atoms with Gasteiger partial charge in [0.1, 0.15) is 0 Å². The van der Waals surface area contributed by atoms with Gasteiger partial charge >= 0.3 is 0 Å². The summed E-state index contributed by atoms with van der Waals surface area (Å²) in [4.78, 5) is 2.38. The van der Waals surface area contributed by atoms with Gasteiger partial charge in [-0.25, -0.2) is 0 Å². The molecule has 8 aromatic carbocycles. The molecule has 0 spiro atoms. The first-order valence-electron chi connectivity index (χ1n) is 15.7. The molecule has 0 N–H and O–H groups in total. The van der Waals surface area contributed by atoms with Crippen molar-refractivity contribution in [1.29, 1.82) is 0 Å². The van der Waals surface area contributed by atoms with Gasteiger partial charge < -0.3 is 4.90 Å². The fourth-order valence-corrected chi connectivity index (χ4v) is 7.91. The van der Waals surface area contributed by atoms with E-state index in [0.717, 1.165) is 17.1 Å². The van der Waals surface area contributed by atoms with E-state index in [-0.39, 0.29) is 0 Å². The van der Waals surface area contributed by atoms with Crippen LogP contribution in [0.5, 0.6) is 0 Å². The lowest BCUT2D eigenvalue weighted by atomic mass is 10.0. The standard InChI is InChI=1S/C44H29NS/c1-2-8-30(9-3-1)32-16-22-37(23-17-32)45(38-24-18-33(19-25-38)36-15-14-31-10-4-5-11-35(31)28-36)39-26-20-34-21-27-41-40-12-6-7-13-43(40)46-44(41)42(34)29-39/h1-29H. The van der Waals surface area contributed by atoms with Crippen LogP contribution in [0.2, 0.25) is 0 Å². The molecule has 0 bridgehead atoms. The summed E-state index contributed by atoms with van der Waals surface area (Å²) in [6.45, 7) is 0. The Bertz CT molecular complexity index is 2510. The van der Waals surface area contributed by atoms with Crippen molar-refractivity contribution >= 4 is 70.1 Å². The molecule has 0 fully saturated rings. The predicted molar refractivity (Wildman–Crippen MR) is 200 cm³/mol. The summed E-state index contributed by atoms with van der Waals surface area (Å²) < 4.78 is 2.67. The van der Waals surface area contributed by atoms with E-state index in [1.165, 1.54) is 64.0 Å². The zero-order valence-corrected chi connectivity index (χ0v) is 25.9. The Labute approximate surface area is 272 Å². The van der Waals surface area contributed by atoms with Crippen LogP contribution in [0.4, 0.5) is 17.1 Å². The van der Waals surface area contributed by atoms with Crippen LogP contribution in [0.15, 0.2) is 176 Å². The highest BCUT2D eigenvalue weighted by Gasteiger charge is 2.16. The number of anilines is 3. The highest BCUT2D eigenvalue weighted by atomic mass is 32.1. The Morgan fingerprint density at radius 3 is 1.67 bits per heavy atom. The maximum Gasteiger partial charge on any atom is 0.0468 e. The van der Waals surface area contributed by atoms with Crippen molar-refractivity contribution in [3.05, 3.63) is 176 Å². The van der Waals surface area contributed by atoms with Crippen LogP contribution in [0.25, 0.3) is 64.0 Å². The molecule has 216 valence electrons. The van der Waals surface area contributed by atoms with Gasteiger partial charge in [0.15, 0.2) is 0 Å². The van der Waals surface area contributed by atoms with Crippen molar-refractivity contribution in [3.63, 3.8) is 0 Å². The number of fused-ring (bicyclic) bond motifs is 6. The summed E-state index contributed by atoms with van der Waals surface area (Å²) in [6.07, 6.45) is 0. The molecule has 46 heavy (non-hydrogen) atoms. The molecule has 0 amide bonds. The van der Waals surface area contributed by atoms with E-state index in [4.69, 9.17) is 0 Å². The number of benzene rings is 8. The Kier molecular flexibility index (Phi) is 6.40. The predicted octanol–water partition coefficient (Wildman–Crippen LogP) is 13.2. The van der Waals surface area contributed by atoms with E-state index < -0.39 is 0 Å². The van der Waals surface area contributed by atoms with Crippen molar-refractivity contribution in [2.75, 3.05) is 4.90 Å². The summed E-state index contributed by atoms with van der Waals surface area (Å²) in [7, 11) is 0. The highest BCUT2D eigenvalue weighted by molar-refractivity contribution is 7.26. The molecular formula is C44H29NS. The van der Waals surface area contributed by atoms with Gasteiger partial charge in [0, 0.05) is 42.6 Å². The van der Waals surface area contributed by atoms with Crippen molar-refractivity contribution in [1.82, 2.24) is 0 Å². The fourth-order valence-electron chi connectivity index (χ4n) is 6.68. The first kappa shape index (κ1) is 26.7. The van der Waals surface area contributed by atoms with Crippen LogP contribution in [-0.4, -0.2) is 0 Å². The molecule has 0 aliphatic rings. The Hall–Kier alpha value is -5.70. The third-order valence-corrected chi connectivity index (χ3v) is 10.3. The zero-order valence-electron chi connectivity index (χ0n) is 25.1. The van der Waals surface area contributed by atoms with Crippen LogP contribution >= 0.6 is 11.3 Å². The van der Waals surface area contributed by atoms with Crippen LogP contribution < -0.4 is 4.90 Å². The maximum atomic E-state index is 2.38. The summed E-state index contributed by atoms with van der Waals surface area (Å²) in [5, 5.41) is 7.71. The summed E-state index contributed by atoms with van der Waals surface area (Å²) in [5.74, 6) is 0. The number of rotatable bonds is 5. The summed E-state index contributed by atoms with van der Waals surface area (Å²) in [5.41, 5.74) is 8.25. The van der Waals surface area contributed by atoms with Gasteiger partial charge in [-0.1, -0.05) is 127 Å². The van der Waals surface area contributed by atoms with E-state index in [1.807, 2.05) is 11.3 Å². The Balaban J connectivity index is 1.18. The smallest absolute Gasteiger partial charge is 0.0468 e. The first-order chi connectivity index (χ1) is 22.8. The largest absolute Gasteiger partial charge is 0.310 e. The first-order valence-corrected chi connectivity index (χ1v) is 16.5. The quantitative estimate of drug-likeness (QED) is 0.189. The fraction of sp³-hybridized carbons (Fsp3) is 0. The Morgan fingerprint density at radius 1 is 0.326 bits per heavy atom. The second-order valence-corrected chi connectivity index (χ2v) is 12.9. The van der Waals surface area contributed by atoms with Crippen LogP contribution in [0.3, 0.4) is 0 Å². The molecule has 9 rings (SSSR count). The second kappa shape index (κ2) is 11.0. The van der Waals surface area contributed by atoms with E-state index in [1.54, 1.807) is 0 Å². The van der Waals surface area contributed by atoms with Crippen LogP contribution in [0, 0.1) is 0 Å². The minimum atomic E-state index is 1.12. The molecule has 2 heteroatoms. The molecule has 9 aromatic rings. The van der Waals surface area contributed by atoms with Crippen molar-refractivity contribution in [3.8, 4) is 22.3 Å². The third-order valence-electron chi connectivity index (χ3n) is 9.04. The van der Waals surface area contributed by atoms with Gasteiger partial charge in [-0.2, -0.15) is 0 Å². The van der Waals surface area contributed by atoms with Crippen molar-refractivity contribution in [2.45, 2.75) is 0 Å². The molecule has 0 unspecified atom stereocenters. The molecule has 0 radical (unpaired) electrons. The Morgan fingerprint density at radius 2 is 0.891 bits per heavy atom. The van der Waals surface area contributed by atoms with Gasteiger partial charge in [-0.3, -0.25) is 0 Å². The van der Waals surface area contributed by atoms with Crippen molar-refractivity contribution in [2.24, 2.45) is 0 Å². The van der Waals surface area contributed by atoms with Gasteiger partial charge in [0.25, 0.3) is 0 Å². The van der Waals surface area contributed by atoms with Crippen molar-refractivity contribution < 1.29 is 0 Å². The molecule has 1 nitrogen and oxygen atoms in total. The number of nitrogens with zero attached hydrogens (tertiary/aromatic N) is 1. The minimum Gasteiger partial charge on any atom is -0.310 e. The molecule has 0 saturated carbocycles. The number of hydrogen-bond donors (Lipinski definition) is 0. The number of thiophene rings is 1. The topological polar surface area (TPSA) is 3.24 Å². The van der Waals surface area contributed by atoms with Gasteiger partial charge in [0.05, 0.1) is 0 Å². The van der Waals surface area contributed by atoms with E-state index in [0.29, 0.717) is 0 Å².